The highest BCUT2D eigenvalue weighted by atomic mass is 16.5. The average molecular weight is 443 g/mol. The van der Waals surface area contributed by atoms with Gasteiger partial charge in [-0.1, -0.05) is 63.2 Å². The Kier molecular flexibility index (Phi) is 5.93. The van der Waals surface area contributed by atoms with Crippen molar-refractivity contribution in [3.05, 3.63) is 82.7 Å². The lowest BCUT2D eigenvalue weighted by Crippen LogP contribution is -2.14. The van der Waals surface area contributed by atoms with Crippen LogP contribution in [0, 0.1) is 13.8 Å². The summed E-state index contributed by atoms with van der Waals surface area (Å²) in [5.74, 6) is 0.189. The van der Waals surface area contributed by atoms with E-state index in [1.165, 1.54) is 5.56 Å². The molecule has 0 atom stereocenters. The number of rotatable bonds is 5. The van der Waals surface area contributed by atoms with Crippen LogP contribution in [0.4, 0.5) is 5.69 Å². The number of aryl methyl sites for hydroxylation is 1. The van der Waals surface area contributed by atoms with E-state index in [0.29, 0.717) is 23.5 Å². The number of methoxy groups -OCH3 is 1. The first-order chi connectivity index (χ1) is 15.7. The number of hydrogen-bond donors (Lipinski definition) is 1. The molecule has 1 N–H and O–H groups in total. The number of ether oxygens (including phenoxy) is 1. The van der Waals surface area contributed by atoms with Crippen LogP contribution in [-0.4, -0.2) is 27.8 Å². The number of carbonyl (C=O) groups is 1. The topological polar surface area (TPSA) is 69.0 Å². The Morgan fingerprint density at radius 1 is 1.06 bits per heavy atom. The summed E-state index contributed by atoms with van der Waals surface area (Å²) in [5.41, 5.74) is 6.22. The van der Waals surface area contributed by atoms with Crippen molar-refractivity contribution in [2.45, 2.75) is 46.6 Å². The van der Waals surface area contributed by atoms with Crippen LogP contribution in [0.3, 0.4) is 0 Å². The summed E-state index contributed by atoms with van der Waals surface area (Å²) in [6.45, 7) is 11.1. The fourth-order valence-corrected chi connectivity index (χ4v) is 3.94. The third kappa shape index (κ3) is 4.60. The number of pyridine rings is 1. The predicted octanol–water partition coefficient (Wildman–Crippen LogP) is 5.65. The summed E-state index contributed by atoms with van der Waals surface area (Å²) in [6.07, 6.45) is 0. The predicted molar refractivity (Wildman–Crippen MR) is 132 cm³/mol. The van der Waals surface area contributed by atoms with Crippen LogP contribution in [0.5, 0.6) is 5.88 Å². The van der Waals surface area contributed by atoms with Crippen LogP contribution in [-0.2, 0) is 12.0 Å². The second kappa shape index (κ2) is 8.70. The van der Waals surface area contributed by atoms with Crippen LogP contribution in [0.2, 0.25) is 0 Å². The minimum Gasteiger partial charge on any atom is -0.481 e. The molecule has 0 radical (unpaired) electrons. The minimum absolute atomic E-state index is 0.119. The molecule has 2 aromatic carbocycles. The van der Waals surface area contributed by atoms with Gasteiger partial charge in [0.25, 0.3) is 5.91 Å². The highest BCUT2D eigenvalue weighted by Crippen LogP contribution is 2.26. The van der Waals surface area contributed by atoms with E-state index in [1.807, 2.05) is 42.8 Å². The number of nitrogens with one attached hydrogen (secondary N) is 1. The van der Waals surface area contributed by atoms with Crippen LogP contribution >= 0.6 is 0 Å². The van der Waals surface area contributed by atoms with Gasteiger partial charge in [-0.2, -0.15) is 5.10 Å². The molecule has 0 saturated heterocycles. The zero-order valence-corrected chi connectivity index (χ0v) is 20.1. The molecule has 0 bridgehead atoms. The third-order valence-electron chi connectivity index (χ3n) is 5.92. The van der Waals surface area contributed by atoms with Crippen molar-refractivity contribution >= 4 is 22.5 Å². The number of aromatic nitrogens is 3. The Bertz CT molecular complexity index is 1310. The van der Waals surface area contributed by atoms with Crippen molar-refractivity contribution in [1.29, 1.82) is 0 Å². The lowest BCUT2D eigenvalue weighted by Gasteiger charge is -2.19. The van der Waals surface area contributed by atoms with Gasteiger partial charge in [-0.15, -0.1) is 0 Å². The smallest absolute Gasteiger partial charge is 0.256 e. The molecule has 0 aliphatic carbocycles. The molecule has 4 aromatic rings. The Morgan fingerprint density at radius 3 is 2.42 bits per heavy atom. The molecule has 0 spiro atoms. The monoisotopic (exact) mass is 442 g/mol. The SMILES string of the molecule is COc1cc(C(=O)Nc2c(C)nn(Cc3ccc(C(C)(C)C)cc3)c2C)c2ccccc2n1. The maximum atomic E-state index is 13.3. The fourth-order valence-electron chi connectivity index (χ4n) is 3.94. The van der Waals surface area contributed by atoms with Crippen molar-refractivity contribution in [3.63, 3.8) is 0 Å². The number of carbonyl (C=O) groups excluding carboxylic acids is 1. The normalized spacial score (nSPS) is 11.6. The molecule has 4 rings (SSSR count). The molecule has 2 aromatic heterocycles. The van der Waals surface area contributed by atoms with Crippen LogP contribution in [0.15, 0.2) is 54.6 Å². The Morgan fingerprint density at radius 2 is 1.76 bits per heavy atom. The first-order valence-corrected chi connectivity index (χ1v) is 11.1. The van der Waals surface area contributed by atoms with Gasteiger partial charge in [0.2, 0.25) is 5.88 Å². The first-order valence-electron chi connectivity index (χ1n) is 11.1. The van der Waals surface area contributed by atoms with Crippen LogP contribution < -0.4 is 10.1 Å². The minimum atomic E-state index is -0.216. The molecule has 2 heterocycles. The molecule has 0 aliphatic heterocycles. The molecule has 0 saturated carbocycles. The number of anilines is 1. The summed E-state index contributed by atoms with van der Waals surface area (Å²) < 4.78 is 7.24. The van der Waals surface area contributed by atoms with Crippen LogP contribution in [0.25, 0.3) is 10.9 Å². The van der Waals surface area contributed by atoms with Crippen LogP contribution in [0.1, 0.15) is 53.6 Å². The van der Waals surface area contributed by atoms with Crippen molar-refractivity contribution < 1.29 is 9.53 Å². The van der Waals surface area contributed by atoms with E-state index in [2.05, 4.69) is 60.4 Å². The molecule has 1 amide bonds. The molecule has 0 aliphatic rings. The summed E-state index contributed by atoms with van der Waals surface area (Å²) in [4.78, 5) is 17.7. The zero-order valence-electron chi connectivity index (χ0n) is 20.1. The fraction of sp³-hybridized carbons (Fsp3) is 0.296. The lowest BCUT2D eigenvalue weighted by atomic mass is 9.87. The first kappa shape index (κ1) is 22.5. The quantitative estimate of drug-likeness (QED) is 0.433. The second-order valence-corrected chi connectivity index (χ2v) is 9.33. The molecule has 6 nitrogen and oxygen atoms in total. The second-order valence-electron chi connectivity index (χ2n) is 9.33. The van der Waals surface area contributed by atoms with Gasteiger partial charge in [0, 0.05) is 11.5 Å². The van der Waals surface area contributed by atoms with Crippen molar-refractivity contribution in [2.75, 3.05) is 12.4 Å². The van der Waals surface area contributed by atoms with E-state index in [9.17, 15) is 4.79 Å². The molecule has 0 fully saturated rings. The van der Waals surface area contributed by atoms with Gasteiger partial charge in [-0.3, -0.25) is 9.48 Å². The standard InChI is InChI=1S/C27H30N4O2/c1-17-25(18(2)31(30-17)16-19-11-13-20(14-12-19)27(3,4)5)29-26(32)22-15-24(33-6)28-23-10-8-7-9-21(22)23/h7-15H,16H2,1-6H3,(H,29,32). The number of amides is 1. The van der Waals surface area contributed by atoms with E-state index < -0.39 is 0 Å². The Hall–Kier alpha value is -3.67. The highest BCUT2D eigenvalue weighted by Gasteiger charge is 2.19. The maximum Gasteiger partial charge on any atom is 0.256 e. The molecule has 33 heavy (non-hydrogen) atoms. The molecule has 6 heteroatoms. The van der Waals surface area contributed by atoms with E-state index in [0.717, 1.165) is 28.0 Å². The van der Waals surface area contributed by atoms with E-state index in [1.54, 1.807) is 13.2 Å². The number of para-hydroxylation sites is 1. The Labute approximate surface area is 194 Å². The largest absolute Gasteiger partial charge is 0.481 e. The lowest BCUT2D eigenvalue weighted by molar-refractivity contribution is 0.102. The van der Waals surface area contributed by atoms with Gasteiger partial charge in [0.1, 0.15) is 0 Å². The molecule has 170 valence electrons. The van der Waals surface area contributed by atoms with E-state index >= 15 is 0 Å². The van der Waals surface area contributed by atoms with Gasteiger partial charge in [0.05, 0.1) is 41.8 Å². The average Bonchev–Trinajstić information content (AvgIpc) is 3.05. The van der Waals surface area contributed by atoms with E-state index in [-0.39, 0.29) is 11.3 Å². The van der Waals surface area contributed by atoms with Crippen molar-refractivity contribution in [1.82, 2.24) is 14.8 Å². The van der Waals surface area contributed by atoms with E-state index in [4.69, 9.17) is 4.74 Å². The number of nitrogens with zero attached hydrogens (tertiary/aromatic N) is 3. The van der Waals surface area contributed by atoms with Gasteiger partial charge in [-0.25, -0.2) is 4.98 Å². The summed E-state index contributed by atoms with van der Waals surface area (Å²) >= 11 is 0. The van der Waals surface area contributed by atoms with Gasteiger partial charge in [0.15, 0.2) is 0 Å². The molecular weight excluding hydrogens is 412 g/mol. The Balaban J connectivity index is 1.60. The summed E-state index contributed by atoms with van der Waals surface area (Å²) in [5, 5.41) is 8.53. The number of benzene rings is 2. The summed E-state index contributed by atoms with van der Waals surface area (Å²) in [6, 6.07) is 17.8. The zero-order chi connectivity index (χ0) is 23.8. The van der Waals surface area contributed by atoms with Gasteiger partial charge >= 0.3 is 0 Å². The van der Waals surface area contributed by atoms with Crippen molar-refractivity contribution in [3.8, 4) is 5.88 Å². The van der Waals surface area contributed by atoms with Crippen molar-refractivity contribution in [2.24, 2.45) is 0 Å². The molecular formula is C27H30N4O2. The van der Waals surface area contributed by atoms with Gasteiger partial charge < -0.3 is 10.1 Å². The number of hydrogen-bond acceptors (Lipinski definition) is 4. The molecule has 0 unspecified atom stereocenters. The highest BCUT2D eigenvalue weighted by molar-refractivity contribution is 6.13. The third-order valence-corrected chi connectivity index (χ3v) is 5.92. The summed E-state index contributed by atoms with van der Waals surface area (Å²) in [7, 11) is 1.55. The van der Waals surface area contributed by atoms with Gasteiger partial charge in [-0.05, 0) is 36.5 Å². The number of fused-ring (bicyclic) bond motifs is 1. The maximum absolute atomic E-state index is 13.3.